The number of nitrogens with one attached hydrogen (secondary N) is 1. The van der Waals surface area contributed by atoms with Crippen molar-refractivity contribution in [2.45, 2.75) is 44.9 Å². The fourth-order valence-electron chi connectivity index (χ4n) is 4.86. The van der Waals surface area contributed by atoms with Gasteiger partial charge in [0.25, 0.3) is 0 Å². The lowest BCUT2D eigenvalue weighted by atomic mass is 9.78. The Morgan fingerprint density at radius 1 is 1.25 bits per heavy atom. The van der Waals surface area contributed by atoms with Crippen molar-refractivity contribution >= 4 is 28.7 Å². The van der Waals surface area contributed by atoms with Gasteiger partial charge in [0.15, 0.2) is 0 Å². The molecule has 0 bridgehead atoms. The normalized spacial score (nSPS) is 21.9. The highest BCUT2D eigenvalue weighted by Gasteiger charge is 2.31. The summed E-state index contributed by atoms with van der Waals surface area (Å²) in [6, 6.07) is 1.97. The molecule has 2 aliphatic rings. The SMILES string of the molecule is NC(=O)CC(CC1CCN=CC(c2ncnc3[nH]ccc23)=C1N)C1CCCC1. The van der Waals surface area contributed by atoms with Gasteiger partial charge in [-0.2, -0.15) is 0 Å². The number of carbonyl (C=O) groups is 1. The van der Waals surface area contributed by atoms with Crippen LogP contribution in [0.2, 0.25) is 0 Å². The highest BCUT2D eigenvalue weighted by atomic mass is 16.1. The van der Waals surface area contributed by atoms with Crippen molar-refractivity contribution in [1.29, 1.82) is 0 Å². The molecular formula is C21H28N6O. The van der Waals surface area contributed by atoms with Crippen molar-refractivity contribution in [3.8, 4) is 0 Å². The van der Waals surface area contributed by atoms with Gasteiger partial charge in [-0.15, -0.1) is 0 Å². The smallest absolute Gasteiger partial charge is 0.217 e. The maximum Gasteiger partial charge on any atom is 0.217 e. The van der Waals surface area contributed by atoms with Gasteiger partial charge in [0.1, 0.15) is 12.0 Å². The maximum absolute atomic E-state index is 11.7. The average Bonchev–Trinajstić information content (AvgIpc) is 3.34. The van der Waals surface area contributed by atoms with Crippen LogP contribution in [0.1, 0.15) is 50.6 Å². The summed E-state index contributed by atoms with van der Waals surface area (Å²) >= 11 is 0. The second-order valence-electron chi connectivity index (χ2n) is 8.06. The zero-order chi connectivity index (χ0) is 19.5. The Bertz CT molecular complexity index is 909. The lowest BCUT2D eigenvalue weighted by Crippen LogP contribution is -2.26. The molecule has 4 rings (SSSR count). The Balaban J connectivity index is 1.66. The number of allylic oxidation sites excluding steroid dienone is 2. The van der Waals surface area contributed by atoms with Crippen LogP contribution < -0.4 is 11.5 Å². The van der Waals surface area contributed by atoms with E-state index in [0.29, 0.717) is 18.3 Å². The number of aromatic nitrogens is 3. The molecular weight excluding hydrogens is 352 g/mol. The highest BCUT2D eigenvalue weighted by Crippen LogP contribution is 2.39. The van der Waals surface area contributed by atoms with E-state index in [9.17, 15) is 4.79 Å². The summed E-state index contributed by atoms with van der Waals surface area (Å²) in [7, 11) is 0. The van der Waals surface area contributed by atoms with Crippen molar-refractivity contribution in [2.24, 2.45) is 34.2 Å². The molecule has 148 valence electrons. The number of carbonyl (C=O) groups excluding carboxylic acids is 1. The van der Waals surface area contributed by atoms with E-state index in [1.165, 1.54) is 25.7 Å². The molecule has 2 aromatic rings. The monoisotopic (exact) mass is 380 g/mol. The number of hydrogen-bond acceptors (Lipinski definition) is 5. The number of aromatic amines is 1. The first-order chi connectivity index (χ1) is 13.6. The third-order valence-electron chi connectivity index (χ3n) is 6.30. The van der Waals surface area contributed by atoms with Gasteiger partial charge in [-0.3, -0.25) is 9.79 Å². The van der Waals surface area contributed by atoms with Crippen LogP contribution in [-0.2, 0) is 4.79 Å². The van der Waals surface area contributed by atoms with Gasteiger partial charge in [-0.05, 0) is 30.7 Å². The lowest BCUT2D eigenvalue weighted by molar-refractivity contribution is -0.119. The van der Waals surface area contributed by atoms with Crippen LogP contribution in [0.5, 0.6) is 0 Å². The standard InChI is InChI=1S/C21H28N6O/c22-18(28)10-15(13-3-1-2-4-13)9-14-5-7-24-11-17(19(14)23)20-16-6-8-25-21(16)27-12-26-20/h6,8,11-15H,1-5,7,9-10,23H2,(H2,22,28)(H,25,26,27). The average molecular weight is 380 g/mol. The summed E-state index contributed by atoms with van der Waals surface area (Å²) in [6.45, 7) is 0.726. The molecule has 2 atom stereocenters. The van der Waals surface area contributed by atoms with Gasteiger partial charge < -0.3 is 16.5 Å². The third-order valence-corrected chi connectivity index (χ3v) is 6.30. The largest absolute Gasteiger partial charge is 0.401 e. The number of nitrogens with zero attached hydrogens (tertiary/aromatic N) is 3. The Labute approximate surface area is 164 Å². The van der Waals surface area contributed by atoms with Crippen molar-refractivity contribution in [1.82, 2.24) is 15.0 Å². The van der Waals surface area contributed by atoms with E-state index >= 15 is 0 Å². The summed E-state index contributed by atoms with van der Waals surface area (Å²) in [5, 5.41) is 0.942. The number of fused-ring (bicyclic) bond motifs is 1. The summed E-state index contributed by atoms with van der Waals surface area (Å²) < 4.78 is 0. The second kappa shape index (κ2) is 8.12. The number of aliphatic imine (C=N–C) groups is 1. The zero-order valence-electron chi connectivity index (χ0n) is 16.1. The predicted molar refractivity (Wildman–Crippen MR) is 110 cm³/mol. The number of H-pyrrole nitrogens is 1. The van der Waals surface area contributed by atoms with E-state index in [0.717, 1.165) is 47.4 Å². The molecule has 0 spiro atoms. The molecule has 2 aromatic heterocycles. The molecule has 28 heavy (non-hydrogen) atoms. The minimum absolute atomic E-state index is 0.173. The van der Waals surface area contributed by atoms with Crippen LogP contribution in [-0.4, -0.2) is 33.6 Å². The van der Waals surface area contributed by atoms with Gasteiger partial charge in [-0.1, -0.05) is 25.7 Å². The molecule has 1 fully saturated rings. The molecule has 3 heterocycles. The fourth-order valence-corrected chi connectivity index (χ4v) is 4.86. The summed E-state index contributed by atoms with van der Waals surface area (Å²) in [5.74, 6) is 0.824. The first-order valence-corrected chi connectivity index (χ1v) is 10.2. The van der Waals surface area contributed by atoms with Crippen LogP contribution in [0.15, 0.2) is 29.3 Å². The minimum atomic E-state index is -0.214. The number of rotatable bonds is 6. The van der Waals surface area contributed by atoms with Crippen LogP contribution in [0.3, 0.4) is 0 Å². The molecule has 0 radical (unpaired) electrons. The van der Waals surface area contributed by atoms with Crippen molar-refractivity contribution in [3.63, 3.8) is 0 Å². The van der Waals surface area contributed by atoms with Gasteiger partial charge >= 0.3 is 0 Å². The molecule has 7 heteroatoms. The van der Waals surface area contributed by atoms with Crippen molar-refractivity contribution in [2.75, 3.05) is 6.54 Å². The first kappa shape index (κ1) is 18.7. The van der Waals surface area contributed by atoms with Gasteiger partial charge in [0, 0.05) is 48.0 Å². The fraction of sp³-hybridized carbons (Fsp3) is 0.524. The quantitative estimate of drug-likeness (QED) is 0.713. The Kier molecular flexibility index (Phi) is 5.41. The number of amides is 1. The zero-order valence-corrected chi connectivity index (χ0v) is 16.1. The molecule has 5 N–H and O–H groups in total. The van der Waals surface area contributed by atoms with Crippen LogP contribution in [0.4, 0.5) is 0 Å². The van der Waals surface area contributed by atoms with Crippen LogP contribution >= 0.6 is 0 Å². The summed E-state index contributed by atoms with van der Waals surface area (Å²) in [4.78, 5) is 28.1. The summed E-state index contributed by atoms with van der Waals surface area (Å²) in [6.07, 6.45) is 12.3. The van der Waals surface area contributed by atoms with Gasteiger partial charge in [0.2, 0.25) is 5.91 Å². The van der Waals surface area contributed by atoms with E-state index in [2.05, 4.69) is 19.9 Å². The molecule has 1 aliphatic carbocycles. The van der Waals surface area contributed by atoms with Crippen molar-refractivity contribution < 1.29 is 4.79 Å². The molecule has 1 amide bonds. The third kappa shape index (κ3) is 3.79. The molecule has 2 unspecified atom stereocenters. The van der Waals surface area contributed by atoms with E-state index in [1.807, 2.05) is 18.5 Å². The summed E-state index contributed by atoms with van der Waals surface area (Å²) in [5.41, 5.74) is 15.6. The Hall–Kier alpha value is -2.70. The number of primary amides is 1. The number of hydrogen-bond donors (Lipinski definition) is 3. The van der Waals surface area contributed by atoms with Crippen LogP contribution in [0, 0.1) is 17.8 Å². The van der Waals surface area contributed by atoms with E-state index in [4.69, 9.17) is 11.5 Å². The molecule has 1 saturated carbocycles. The van der Waals surface area contributed by atoms with Crippen molar-refractivity contribution in [3.05, 3.63) is 30.0 Å². The molecule has 7 nitrogen and oxygen atoms in total. The lowest BCUT2D eigenvalue weighted by Gasteiger charge is -2.27. The minimum Gasteiger partial charge on any atom is -0.401 e. The van der Waals surface area contributed by atoms with Gasteiger partial charge in [0.05, 0.1) is 5.69 Å². The van der Waals surface area contributed by atoms with E-state index in [-0.39, 0.29) is 11.8 Å². The highest BCUT2D eigenvalue weighted by molar-refractivity contribution is 6.14. The molecule has 0 aromatic carbocycles. The predicted octanol–water partition coefficient (Wildman–Crippen LogP) is 2.79. The van der Waals surface area contributed by atoms with E-state index < -0.39 is 0 Å². The molecule has 1 aliphatic heterocycles. The second-order valence-corrected chi connectivity index (χ2v) is 8.06. The Morgan fingerprint density at radius 3 is 2.86 bits per heavy atom. The maximum atomic E-state index is 11.7. The first-order valence-electron chi connectivity index (χ1n) is 10.2. The number of nitrogens with two attached hydrogens (primary N) is 2. The molecule has 0 saturated heterocycles. The van der Waals surface area contributed by atoms with Gasteiger partial charge in [-0.25, -0.2) is 9.97 Å². The topological polar surface area (TPSA) is 123 Å². The van der Waals surface area contributed by atoms with Crippen LogP contribution in [0.25, 0.3) is 16.6 Å². The van der Waals surface area contributed by atoms with E-state index in [1.54, 1.807) is 6.33 Å². The Morgan fingerprint density at radius 2 is 2.07 bits per heavy atom.